The summed E-state index contributed by atoms with van der Waals surface area (Å²) in [6.07, 6.45) is 5.46. The zero-order chi connectivity index (χ0) is 30.9. The summed E-state index contributed by atoms with van der Waals surface area (Å²) in [6, 6.07) is 14.4. The number of aryl methyl sites for hydroxylation is 2. The highest BCUT2D eigenvalue weighted by molar-refractivity contribution is 6.07. The smallest absolute Gasteiger partial charge is 0.253 e. The van der Waals surface area contributed by atoms with E-state index in [1.54, 1.807) is 26.9 Å². The van der Waals surface area contributed by atoms with Gasteiger partial charge in [-0.1, -0.05) is 48.6 Å². The fourth-order valence-corrected chi connectivity index (χ4v) is 7.74. The summed E-state index contributed by atoms with van der Waals surface area (Å²) in [5, 5.41) is 9.51. The molecule has 0 aliphatic carbocycles. The molecule has 3 heterocycles. The fourth-order valence-electron chi connectivity index (χ4n) is 7.74. The van der Waals surface area contributed by atoms with Gasteiger partial charge in [-0.2, -0.15) is 0 Å². The fraction of sp³-hybridized carbons (Fsp3) is 0.457. The Bertz CT molecular complexity index is 1390. The van der Waals surface area contributed by atoms with Crippen molar-refractivity contribution in [3.05, 3.63) is 85.0 Å². The van der Waals surface area contributed by atoms with Gasteiger partial charge in [0, 0.05) is 37.6 Å². The van der Waals surface area contributed by atoms with E-state index in [1.165, 1.54) is 0 Å². The number of anilines is 2. The lowest BCUT2D eigenvalue weighted by molar-refractivity contribution is -0.144. The normalized spacial score (nSPS) is 27.2. The van der Waals surface area contributed by atoms with Crippen LogP contribution in [0.4, 0.5) is 11.4 Å². The van der Waals surface area contributed by atoms with E-state index in [4.69, 9.17) is 4.74 Å². The zero-order valence-electron chi connectivity index (χ0n) is 25.5. The lowest BCUT2D eigenvalue weighted by Gasteiger charge is -2.37. The van der Waals surface area contributed by atoms with E-state index in [9.17, 15) is 19.5 Å². The molecule has 0 radical (unpaired) electrons. The summed E-state index contributed by atoms with van der Waals surface area (Å²) in [5.74, 6) is -2.23. The quantitative estimate of drug-likeness (QED) is 0.291. The third kappa shape index (κ3) is 5.00. The van der Waals surface area contributed by atoms with Gasteiger partial charge < -0.3 is 24.5 Å². The minimum Gasteiger partial charge on any atom is -0.396 e. The van der Waals surface area contributed by atoms with Gasteiger partial charge in [0.15, 0.2) is 0 Å². The molecule has 2 bridgehead atoms. The molecule has 2 unspecified atom stereocenters. The van der Waals surface area contributed by atoms with Crippen molar-refractivity contribution in [3.8, 4) is 0 Å². The summed E-state index contributed by atoms with van der Waals surface area (Å²) < 4.78 is 6.88. The topological polar surface area (TPSA) is 90.4 Å². The summed E-state index contributed by atoms with van der Waals surface area (Å²) in [7, 11) is 0. The SMILES string of the molecule is C=CCN(C(=O)[C@H]1[C@H]2C(=O)N(CCCCO)C(C(=O)N(CC=C)c3c(C)cccc3C)C23CC[C@]1(C)O3)c1ccccc1. The van der Waals surface area contributed by atoms with E-state index in [-0.39, 0.29) is 37.4 Å². The van der Waals surface area contributed by atoms with Crippen molar-refractivity contribution in [1.29, 1.82) is 0 Å². The molecule has 43 heavy (non-hydrogen) atoms. The number of fused-ring (bicyclic) bond motifs is 1. The number of aliphatic hydroxyl groups excluding tert-OH is 1. The van der Waals surface area contributed by atoms with Gasteiger partial charge in [-0.25, -0.2) is 0 Å². The molecule has 3 aliphatic rings. The van der Waals surface area contributed by atoms with Crippen molar-refractivity contribution in [2.24, 2.45) is 11.8 Å². The molecular formula is C35H43N3O5. The number of likely N-dealkylation sites (tertiary alicyclic amines) is 1. The number of rotatable bonds is 12. The molecule has 8 nitrogen and oxygen atoms in total. The standard InChI is InChI=1S/C35H43N3O5/c1-6-20-36(26-16-9-8-10-17-26)31(40)27-28-32(41)38(22-11-12-23-39)30(35(28)19-18-34(27,5)43-35)33(42)37(21-7-2)29-24(3)14-13-15-25(29)4/h6-10,13-17,27-28,30,39H,1-2,11-12,18-23H2,3-5H3/t27-,28+,30?,34+,35?/m1/s1. The zero-order valence-corrected chi connectivity index (χ0v) is 25.5. The number of ether oxygens (including phenoxy) is 1. The number of unbranched alkanes of at least 4 members (excludes halogenated alkanes) is 1. The third-order valence-electron chi connectivity index (χ3n) is 9.52. The Hall–Kier alpha value is -3.75. The molecule has 1 N–H and O–H groups in total. The predicted molar refractivity (Wildman–Crippen MR) is 168 cm³/mol. The number of benzene rings is 2. The number of aliphatic hydroxyl groups is 1. The molecule has 5 rings (SSSR count). The number of carbonyl (C=O) groups is 3. The highest BCUT2D eigenvalue weighted by Gasteiger charge is 2.78. The number of para-hydroxylation sites is 2. The van der Waals surface area contributed by atoms with Crippen LogP contribution >= 0.6 is 0 Å². The van der Waals surface area contributed by atoms with Crippen LogP contribution in [0.25, 0.3) is 0 Å². The van der Waals surface area contributed by atoms with Crippen LogP contribution in [0, 0.1) is 25.7 Å². The summed E-state index contributed by atoms with van der Waals surface area (Å²) in [5.41, 5.74) is 1.36. The molecule has 1 spiro atoms. The first kappa shape index (κ1) is 30.7. The number of carbonyl (C=O) groups excluding carboxylic acids is 3. The molecule has 2 aromatic carbocycles. The van der Waals surface area contributed by atoms with Crippen molar-refractivity contribution in [2.75, 3.05) is 36.0 Å². The highest BCUT2D eigenvalue weighted by Crippen LogP contribution is 2.63. The van der Waals surface area contributed by atoms with Gasteiger partial charge in [0.1, 0.15) is 11.6 Å². The minimum atomic E-state index is -1.14. The molecule has 3 fully saturated rings. The molecular weight excluding hydrogens is 542 g/mol. The Kier molecular flexibility index (Phi) is 8.63. The third-order valence-corrected chi connectivity index (χ3v) is 9.52. The van der Waals surface area contributed by atoms with Gasteiger partial charge in [0.25, 0.3) is 5.91 Å². The van der Waals surface area contributed by atoms with Gasteiger partial charge in [-0.05, 0) is 69.7 Å². The molecule has 2 aromatic rings. The number of hydrogen-bond donors (Lipinski definition) is 1. The Labute approximate surface area is 254 Å². The van der Waals surface area contributed by atoms with Crippen LogP contribution in [-0.2, 0) is 19.1 Å². The minimum absolute atomic E-state index is 0.0104. The molecule has 0 saturated carbocycles. The van der Waals surface area contributed by atoms with E-state index < -0.39 is 29.1 Å². The second-order valence-corrected chi connectivity index (χ2v) is 12.2. The first-order chi connectivity index (χ1) is 20.6. The van der Waals surface area contributed by atoms with E-state index in [2.05, 4.69) is 13.2 Å². The predicted octanol–water partition coefficient (Wildman–Crippen LogP) is 4.58. The van der Waals surface area contributed by atoms with Gasteiger partial charge in [-0.15, -0.1) is 13.2 Å². The monoisotopic (exact) mass is 585 g/mol. The number of hydrogen-bond acceptors (Lipinski definition) is 5. The van der Waals surface area contributed by atoms with Crippen LogP contribution in [0.1, 0.15) is 43.7 Å². The molecule has 8 heteroatoms. The van der Waals surface area contributed by atoms with Crippen LogP contribution in [0.3, 0.4) is 0 Å². The van der Waals surface area contributed by atoms with E-state index in [0.29, 0.717) is 32.2 Å². The maximum Gasteiger partial charge on any atom is 0.253 e. The van der Waals surface area contributed by atoms with Crippen LogP contribution in [-0.4, -0.2) is 71.2 Å². The van der Waals surface area contributed by atoms with Crippen molar-refractivity contribution in [1.82, 2.24) is 4.90 Å². The molecule has 0 aromatic heterocycles. The van der Waals surface area contributed by atoms with Gasteiger partial charge in [-0.3, -0.25) is 14.4 Å². The molecule has 5 atom stereocenters. The van der Waals surface area contributed by atoms with Crippen molar-refractivity contribution in [2.45, 2.75) is 63.7 Å². The van der Waals surface area contributed by atoms with Crippen LogP contribution in [0.15, 0.2) is 73.8 Å². The van der Waals surface area contributed by atoms with E-state index >= 15 is 0 Å². The maximum absolute atomic E-state index is 14.8. The molecule has 3 saturated heterocycles. The highest BCUT2D eigenvalue weighted by atomic mass is 16.5. The summed E-state index contributed by atoms with van der Waals surface area (Å²) in [4.78, 5) is 48.9. The average molecular weight is 586 g/mol. The van der Waals surface area contributed by atoms with Crippen molar-refractivity contribution < 1.29 is 24.2 Å². The van der Waals surface area contributed by atoms with Crippen LogP contribution in [0.5, 0.6) is 0 Å². The molecule has 228 valence electrons. The Balaban J connectivity index is 1.60. The Morgan fingerprint density at radius 1 is 0.977 bits per heavy atom. The van der Waals surface area contributed by atoms with Gasteiger partial charge in [0.05, 0.1) is 17.4 Å². The lowest BCUT2D eigenvalue weighted by atomic mass is 9.66. The first-order valence-electron chi connectivity index (χ1n) is 15.2. The van der Waals surface area contributed by atoms with Gasteiger partial charge in [0.2, 0.25) is 11.8 Å². The Morgan fingerprint density at radius 3 is 2.26 bits per heavy atom. The van der Waals surface area contributed by atoms with E-state index in [1.807, 2.05) is 69.3 Å². The van der Waals surface area contributed by atoms with Crippen molar-refractivity contribution in [3.63, 3.8) is 0 Å². The van der Waals surface area contributed by atoms with Crippen LogP contribution < -0.4 is 9.80 Å². The second kappa shape index (κ2) is 12.1. The molecule has 3 aliphatic heterocycles. The average Bonchev–Trinajstić information content (AvgIpc) is 3.56. The molecule has 3 amide bonds. The largest absolute Gasteiger partial charge is 0.396 e. The number of amides is 3. The van der Waals surface area contributed by atoms with E-state index in [0.717, 1.165) is 22.5 Å². The maximum atomic E-state index is 14.8. The summed E-state index contributed by atoms with van der Waals surface area (Å²) >= 11 is 0. The first-order valence-corrected chi connectivity index (χ1v) is 15.2. The summed E-state index contributed by atoms with van der Waals surface area (Å²) in [6.45, 7) is 14.5. The van der Waals surface area contributed by atoms with Crippen LogP contribution in [0.2, 0.25) is 0 Å². The Morgan fingerprint density at radius 2 is 1.63 bits per heavy atom. The number of nitrogens with zero attached hydrogens (tertiary/aromatic N) is 3. The second-order valence-electron chi connectivity index (χ2n) is 12.2. The van der Waals surface area contributed by atoms with Gasteiger partial charge >= 0.3 is 0 Å². The lowest BCUT2D eigenvalue weighted by Crippen LogP contribution is -2.57. The van der Waals surface area contributed by atoms with Crippen molar-refractivity contribution >= 4 is 29.1 Å².